The molecule has 15 heavy (non-hydrogen) atoms. The molecule has 1 heterocycles. The minimum Gasteiger partial charge on any atom is -0.302 e. The first-order valence-corrected chi connectivity index (χ1v) is 7.27. The maximum atomic E-state index is 2.59. The fourth-order valence-corrected chi connectivity index (χ4v) is 2.28. The van der Waals surface area contributed by atoms with Crippen molar-refractivity contribution in [1.29, 1.82) is 0 Å². The van der Waals surface area contributed by atoms with Crippen molar-refractivity contribution in [2.24, 2.45) is 5.41 Å². The van der Waals surface area contributed by atoms with Crippen LogP contribution >= 0.6 is 11.8 Å². The van der Waals surface area contributed by atoms with Crippen LogP contribution in [0, 0.1) is 5.41 Å². The van der Waals surface area contributed by atoms with E-state index in [1.54, 1.807) is 0 Å². The lowest BCUT2D eigenvalue weighted by atomic mass is 9.92. The highest BCUT2D eigenvalue weighted by Gasteiger charge is 2.21. The summed E-state index contributed by atoms with van der Waals surface area (Å²) in [7, 11) is 0. The lowest BCUT2D eigenvalue weighted by molar-refractivity contribution is 0.251. The summed E-state index contributed by atoms with van der Waals surface area (Å²) in [6.07, 6.45) is 9.69. The van der Waals surface area contributed by atoms with E-state index in [1.165, 1.54) is 32.5 Å². The summed E-state index contributed by atoms with van der Waals surface area (Å²) < 4.78 is 0. The van der Waals surface area contributed by atoms with Gasteiger partial charge in [0.15, 0.2) is 0 Å². The molecule has 0 aromatic rings. The molecule has 1 aliphatic heterocycles. The summed E-state index contributed by atoms with van der Waals surface area (Å²) >= 11 is 1.91. The van der Waals surface area contributed by atoms with E-state index in [2.05, 4.69) is 44.1 Å². The van der Waals surface area contributed by atoms with E-state index in [0.29, 0.717) is 10.7 Å². The fraction of sp³-hybridized carbons (Fsp3) is 0.846. The second-order valence-corrected chi connectivity index (χ2v) is 6.49. The van der Waals surface area contributed by atoms with Gasteiger partial charge in [-0.1, -0.05) is 26.0 Å². The highest BCUT2D eigenvalue weighted by molar-refractivity contribution is 7.99. The lowest BCUT2D eigenvalue weighted by Gasteiger charge is -2.27. The van der Waals surface area contributed by atoms with Gasteiger partial charge in [0, 0.05) is 11.8 Å². The van der Waals surface area contributed by atoms with Gasteiger partial charge in [-0.2, -0.15) is 11.8 Å². The number of likely N-dealkylation sites (tertiary alicyclic amines) is 1. The molecule has 0 bridgehead atoms. The van der Waals surface area contributed by atoms with E-state index in [4.69, 9.17) is 0 Å². The first kappa shape index (κ1) is 13.1. The monoisotopic (exact) mass is 227 g/mol. The maximum absolute atomic E-state index is 2.59. The fourth-order valence-electron chi connectivity index (χ4n) is 2.04. The number of hydrogen-bond acceptors (Lipinski definition) is 2. The molecule has 1 saturated heterocycles. The van der Waals surface area contributed by atoms with Crippen LogP contribution in [-0.4, -0.2) is 36.0 Å². The highest BCUT2D eigenvalue weighted by atomic mass is 32.2. The Bertz CT molecular complexity index is 205. The number of nitrogens with zero attached hydrogens (tertiary/aromatic N) is 1. The van der Waals surface area contributed by atoms with E-state index in [0.717, 1.165) is 0 Å². The van der Waals surface area contributed by atoms with Crippen LogP contribution in [0.5, 0.6) is 0 Å². The average Bonchev–Trinajstić information content (AvgIpc) is 2.66. The van der Waals surface area contributed by atoms with Gasteiger partial charge >= 0.3 is 0 Å². The van der Waals surface area contributed by atoms with Crippen LogP contribution in [0.4, 0.5) is 0 Å². The molecule has 1 unspecified atom stereocenters. The zero-order chi connectivity index (χ0) is 11.3. The third-order valence-corrected chi connectivity index (χ3v) is 3.92. The molecule has 0 N–H and O–H groups in total. The topological polar surface area (TPSA) is 3.24 Å². The van der Waals surface area contributed by atoms with Gasteiger partial charge in [-0.15, -0.1) is 0 Å². The molecule has 0 radical (unpaired) electrons. The summed E-state index contributed by atoms with van der Waals surface area (Å²) in [4.78, 5) is 2.59. The normalized spacial score (nSPS) is 21.3. The van der Waals surface area contributed by atoms with Gasteiger partial charge in [0.1, 0.15) is 0 Å². The Kier molecular flexibility index (Phi) is 5.20. The summed E-state index contributed by atoms with van der Waals surface area (Å²) in [5.74, 6) is 0. The summed E-state index contributed by atoms with van der Waals surface area (Å²) in [6, 6.07) is 0. The van der Waals surface area contributed by atoms with Crippen molar-refractivity contribution >= 4 is 11.8 Å². The van der Waals surface area contributed by atoms with Crippen LogP contribution in [0.1, 0.15) is 33.6 Å². The Labute approximate surface area is 99.3 Å². The zero-order valence-corrected chi connectivity index (χ0v) is 11.4. The minimum absolute atomic E-state index is 0.328. The second kappa shape index (κ2) is 5.95. The van der Waals surface area contributed by atoms with Gasteiger partial charge in [0.2, 0.25) is 0 Å². The third kappa shape index (κ3) is 5.07. The van der Waals surface area contributed by atoms with Crippen LogP contribution in [0.3, 0.4) is 0 Å². The molecule has 1 nitrogen and oxygen atoms in total. The van der Waals surface area contributed by atoms with Crippen LogP contribution in [-0.2, 0) is 0 Å². The third-order valence-electron chi connectivity index (χ3n) is 3.02. The summed E-state index contributed by atoms with van der Waals surface area (Å²) in [5.41, 5.74) is 0.328. The quantitative estimate of drug-likeness (QED) is 0.662. The van der Waals surface area contributed by atoms with Crippen LogP contribution in [0.2, 0.25) is 0 Å². The SMILES string of the molecule is CSC(C)/C=C/C(C)(C)CN1CCCC1. The van der Waals surface area contributed by atoms with Gasteiger partial charge in [0.25, 0.3) is 0 Å². The van der Waals surface area contributed by atoms with Crippen molar-refractivity contribution in [3.63, 3.8) is 0 Å². The number of thioether (sulfide) groups is 1. The first-order valence-electron chi connectivity index (χ1n) is 5.98. The lowest BCUT2D eigenvalue weighted by Crippen LogP contribution is -2.31. The van der Waals surface area contributed by atoms with Gasteiger partial charge in [-0.3, -0.25) is 0 Å². The smallest absolute Gasteiger partial charge is 0.0196 e. The molecule has 1 fully saturated rings. The molecule has 0 saturated carbocycles. The standard InChI is InChI=1S/C13H25NS/c1-12(15-4)7-8-13(2,3)11-14-9-5-6-10-14/h7-8,12H,5-6,9-11H2,1-4H3/b8-7+. The molecule has 0 aromatic heterocycles. The van der Waals surface area contributed by atoms with Crippen LogP contribution < -0.4 is 0 Å². The van der Waals surface area contributed by atoms with Gasteiger partial charge in [-0.05, 0) is 44.5 Å². The molecule has 1 atom stereocenters. The highest BCUT2D eigenvalue weighted by Crippen LogP contribution is 2.23. The molecule has 0 aromatic carbocycles. The number of rotatable bonds is 5. The van der Waals surface area contributed by atoms with Crippen LogP contribution in [0.25, 0.3) is 0 Å². The van der Waals surface area contributed by atoms with E-state index >= 15 is 0 Å². The molecular weight excluding hydrogens is 202 g/mol. The van der Waals surface area contributed by atoms with E-state index < -0.39 is 0 Å². The zero-order valence-electron chi connectivity index (χ0n) is 10.6. The maximum Gasteiger partial charge on any atom is 0.0196 e. The number of hydrogen-bond donors (Lipinski definition) is 0. The average molecular weight is 227 g/mol. The molecule has 88 valence electrons. The molecular formula is C13H25NS. The molecule has 1 aliphatic rings. The molecule has 0 amide bonds. The predicted molar refractivity (Wildman–Crippen MR) is 71.6 cm³/mol. The summed E-state index contributed by atoms with van der Waals surface area (Å²) in [6.45, 7) is 10.8. The van der Waals surface area contributed by atoms with Crippen molar-refractivity contribution in [2.75, 3.05) is 25.9 Å². The summed E-state index contributed by atoms with van der Waals surface area (Å²) in [5, 5.41) is 0.642. The molecule has 1 rings (SSSR count). The Morgan fingerprint density at radius 1 is 1.33 bits per heavy atom. The van der Waals surface area contributed by atoms with Gasteiger partial charge in [-0.25, -0.2) is 0 Å². The van der Waals surface area contributed by atoms with Crippen LogP contribution in [0.15, 0.2) is 12.2 Å². The predicted octanol–water partition coefficient (Wildman–Crippen LogP) is 3.42. The molecule has 0 spiro atoms. The Morgan fingerprint density at radius 2 is 1.93 bits per heavy atom. The van der Waals surface area contributed by atoms with Gasteiger partial charge < -0.3 is 4.90 Å². The van der Waals surface area contributed by atoms with Gasteiger partial charge in [0.05, 0.1) is 0 Å². The van der Waals surface area contributed by atoms with Crippen molar-refractivity contribution < 1.29 is 0 Å². The minimum atomic E-state index is 0.328. The van der Waals surface area contributed by atoms with Crippen molar-refractivity contribution in [3.8, 4) is 0 Å². The van der Waals surface area contributed by atoms with Crippen molar-refractivity contribution in [1.82, 2.24) is 4.90 Å². The van der Waals surface area contributed by atoms with Crippen molar-refractivity contribution in [3.05, 3.63) is 12.2 Å². The second-order valence-electron chi connectivity index (χ2n) is 5.27. The van der Waals surface area contributed by atoms with E-state index in [1.807, 2.05) is 11.8 Å². The van der Waals surface area contributed by atoms with E-state index in [-0.39, 0.29) is 0 Å². The Hall–Kier alpha value is 0.0500. The Balaban J connectivity index is 2.39. The molecule has 0 aliphatic carbocycles. The Morgan fingerprint density at radius 3 is 2.47 bits per heavy atom. The molecule has 2 heteroatoms. The first-order chi connectivity index (χ1) is 7.03. The van der Waals surface area contributed by atoms with E-state index in [9.17, 15) is 0 Å². The largest absolute Gasteiger partial charge is 0.302 e. The van der Waals surface area contributed by atoms with Crippen molar-refractivity contribution in [2.45, 2.75) is 38.9 Å².